The Hall–Kier alpha value is -0.0800. The highest BCUT2D eigenvalue weighted by Crippen LogP contribution is 2.44. The van der Waals surface area contributed by atoms with E-state index < -0.39 is 0 Å². The van der Waals surface area contributed by atoms with Gasteiger partial charge in [0.1, 0.15) is 0 Å². The van der Waals surface area contributed by atoms with Gasteiger partial charge >= 0.3 is 0 Å². The summed E-state index contributed by atoms with van der Waals surface area (Å²) in [6, 6.07) is 1.42. The first kappa shape index (κ1) is 6.62. The number of rotatable bonds is 2. The molecule has 0 bridgehead atoms. The number of hydrogen-bond acceptors (Lipinski definition) is 2. The second-order valence-electron chi connectivity index (χ2n) is 4.15. The average Bonchev–Trinajstić information content (AvgIpc) is 2.29. The highest BCUT2D eigenvalue weighted by Gasteiger charge is 2.46. The van der Waals surface area contributed by atoms with Crippen molar-refractivity contribution in [1.82, 2.24) is 5.32 Å². The zero-order chi connectivity index (χ0) is 7.19. The molecule has 1 saturated carbocycles. The van der Waals surface area contributed by atoms with Gasteiger partial charge < -0.3 is 10.1 Å². The van der Waals surface area contributed by atoms with Crippen molar-refractivity contribution in [2.24, 2.45) is 5.41 Å². The van der Waals surface area contributed by atoms with Crippen LogP contribution >= 0.6 is 0 Å². The Balaban J connectivity index is 1.73. The van der Waals surface area contributed by atoms with Crippen LogP contribution in [0, 0.1) is 5.41 Å². The van der Waals surface area contributed by atoms with E-state index in [-0.39, 0.29) is 0 Å². The molecule has 0 aromatic carbocycles. The molecule has 1 unspecified atom stereocenters. The van der Waals surface area contributed by atoms with Crippen molar-refractivity contribution in [2.45, 2.75) is 32.4 Å². The van der Waals surface area contributed by atoms with E-state index in [2.05, 4.69) is 19.2 Å². The van der Waals surface area contributed by atoms with E-state index in [0.717, 1.165) is 19.3 Å². The van der Waals surface area contributed by atoms with Crippen LogP contribution in [0.4, 0.5) is 0 Å². The zero-order valence-electron chi connectivity index (χ0n) is 6.68. The lowest BCUT2D eigenvalue weighted by Gasteiger charge is -2.27. The van der Waals surface area contributed by atoms with E-state index in [1.165, 1.54) is 6.42 Å². The Morgan fingerprint density at radius 1 is 1.40 bits per heavy atom. The van der Waals surface area contributed by atoms with E-state index in [4.69, 9.17) is 4.74 Å². The molecule has 1 aliphatic heterocycles. The second-order valence-corrected chi connectivity index (χ2v) is 4.15. The van der Waals surface area contributed by atoms with E-state index in [0.29, 0.717) is 11.5 Å². The first-order chi connectivity index (χ1) is 4.68. The molecule has 0 spiro atoms. The lowest BCUT2D eigenvalue weighted by Crippen LogP contribution is -2.47. The summed E-state index contributed by atoms with van der Waals surface area (Å²) in [5.74, 6) is 0. The maximum absolute atomic E-state index is 5.07. The summed E-state index contributed by atoms with van der Waals surface area (Å²) in [6.07, 6.45) is 1.34. The Bertz CT molecular complexity index is 140. The van der Waals surface area contributed by atoms with E-state index in [1.54, 1.807) is 0 Å². The van der Waals surface area contributed by atoms with Gasteiger partial charge in [0.25, 0.3) is 0 Å². The van der Waals surface area contributed by atoms with Crippen LogP contribution < -0.4 is 5.32 Å². The van der Waals surface area contributed by atoms with Gasteiger partial charge in [-0.15, -0.1) is 0 Å². The molecule has 0 aromatic rings. The van der Waals surface area contributed by atoms with Gasteiger partial charge in [0.2, 0.25) is 0 Å². The van der Waals surface area contributed by atoms with Crippen LogP contribution in [0.25, 0.3) is 0 Å². The van der Waals surface area contributed by atoms with Gasteiger partial charge in [-0.3, -0.25) is 0 Å². The topological polar surface area (TPSA) is 21.3 Å². The lowest BCUT2D eigenvalue weighted by molar-refractivity contribution is -0.00701. The number of ether oxygens (including phenoxy) is 1. The summed E-state index contributed by atoms with van der Waals surface area (Å²) in [4.78, 5) is 0. The predicted molar refractivity (Wildman–Crippen MR) is 39.9 cm³/mol. The van der Waals surface area contributed by atoms with Gasteiger partial charge in [-0.2, -0.15) is 0 Å². The van der Waals surface area contributed by atoms with E-state index in [9.17, 15) is 0 Å². The smallest absolute Gasteiger partial charge is 0.0643 e. The Morgan fingerprint density at radius 3 is 2.30 bits per heavy atom. The molecule has 1 atom stereocenters. The van der Waals surface area contributed by atoms with Crippen molar-refractivity contribution < 1.29 is 4.74 Å². The van der Waals surface area contributed by atoms with Gasteiger partial charge in [0.05, 0.1) is 19.3 Å². The summed E-state index contributed by atoms with van der Waals surface area (Å²) in [6.45, 7) is 6.47. The molecule has 0 aromatic heterocycles. The fourth-order valence-corrected chi connectivity index (χ4v) is 1.37. The van der Waals surface area contributed by atoms with Crippen LogP contribution in [0.15, 0.2) is 0 Å². The van der Waals surface area contributed by atoms with Crippen LogP contribution in [-0.4, -0.2) is 25.3 Å². The van der Waals surface area contributed by atoms with E-state index >= 15 is 0 Å². The molecule has 1 aliphatic carbocycles. The normalized spacial score (nSPS) is 37.2. The minimum absolute atomic E-state index is 0.565. The second kappa shape index (κ2) is 1.95. The summed E-state index contributed by atoms with van der Waals surface area (Å²) in [5.41, 5.74) is 0.565. The van der Waals surface area contributed by atoms with Crippen molar-refractivity contribution in [3.63, 3.8) is 0 Å². The molecule has 2 nitrogen and oxygen atoms in total. The fourth-order valence-electron chi connectivity index (χ4n) is 1.37. The fraction of sp³-hybridized carbons (Fsp3) is 1.00. The molecule has 1 heterocycles. The standard InChI is InChI=1S/C8H15NO/c1-8(2)3-7(8)9-6-4-10-5-6/h6-7,9H,3-5H2,1-2H3. The summed E-state index contributed by atoms with van der Waals surface area (Å²) in [5, 5.41) is 3.56. The summed E-state index contributed by atoms with van der Waals surface area (Å²) < 4.78 is 5.07. The molecule has 2 heteroatoms. The van der Waals surface area contributed by atoms with Crippen LogP contribution in [0.2, 0.25) is 0 Å². The molecule has 1 saturated heterocycles. The van der Waals surface area contributed by atoms with Crippen LogP contribution in [0.1, 0.15) is 20.3 Å². The van der Waals surface area contributed by atoms with Crippen molar-refractivity contribution >= 4 is 0 Å². The molecular formula is C8H15NO. The average molecular weight is 141 g/mol. The molecule has 0 amide bonds. The predicted octanol–water partition coefficient (Wildman–Crippen LogP) is 0.773. The van der Waals surface area contributed by atoms with Gasteiger partial charge in [-0.25, -0.2) is 0 Å². The monoisotopic (exact) mass is 141 g/mol. The van der Waals surface area contributed by atoms with E-state index in [1.807, 2.05) is 0 Å². The largest absolute Gasteiger partial charge is 0.378 e. The SMILES string of the molecule is CC1(C)CC1NC1COC1. The molecular weight excluding hydrogens is 126 g/mol. The quantitative estimate of drug-likeness (QED) is 0.613. The number of hydrogen-bond donors (Lipinski definition) is 1. The third kappa shape index (κ3) is 1.06. The minimum atomic E-state index is 0.565. The van der Waals surface area contributed by atoms with Crippen molar-refractivity contribution in [3.05, 3.63) is 0 Å². The summed E-state index contributed by atoms with van der Waals surface area (Å²) in [7, 11) is 0. The van der Waals surface area contributed by atoms with Gasteiger partial charge in [-0.1, -0.05) is 13.8 Å². The molecule has 2 aliphatic rings. The molecule has 58 valence electrons. The first-order valence-corrected chi connectivity index (χ1v) is 4.02. The maximum atomic E-state index is 5.07. The highest BCUT2D eigenvalue weighted by molar-refractivity contribution is 5.03. The molecule has 10 heavy (non-hydrogen) atoms. The van der Waals surface area contributed by atoms with Gasteiger partial charge in [0, 0.05) is 6.04 Å². The van der Waals surface area contributed by atoms with Crippen molar-refractivity contribution in [1.29, 1.82) is 0 Å². The van der Waals surface area contributed by atoms with Crippen LogP contribution in [0.3, 0.4) is 0 Å². The third-order valence-corrected chi connectivity index (χ3v) is 2.59. The Kier molecular flexibility index (Phi) is 1.29. The molecule has 2 fully saturated rings. The minimum Gasteiger partial charge on any atom is -0.378 e. The summed E-state index contributed by atoms with van der Waals surface area (Å²) >= 11 is 0. The highest BCUT2D eigenvalue weighted by atomic mass is 16.5. The Labute approximate surface area is 61.9 Å². The van der Waals surface area contributed by atoms with Gasteiger partial charge in [0.15, 0.2) is 0 Å². The molecule has 2 rings (SSSR count). The first-order valence-electron chi connectivity index (χ1n) is 4.02. The lowest BCUT2D eigenvalue weighted by atomic mass is 10.1. The van der Waals surface area contributed by atoms with Gasteiger partial charge in [-0.05, 0) is 11.8 Å². The number of nitrogens with one attached hydrogen (secondary N) is 1. The van der Waals surface area contributed by atoms with Crippen molar-refractivity contribution in [2.75, 3.05) is 13.2 Å². The maximum Gasteiger partial charge on any atom is 0.0643 e. The van der Waals surface area contributed by atoms with Crippen LogP contribution in [-0.2, 0) is 4.74 Å². The molecule has 1 N–H and O–H groups in total. The van der Waals surface area contributed by atoms with Crippen molar-refractivity contribution in [3.8, 4) is 0 Å². The van der Waals surface area contributed by atoms with Crippen LogP contribution in [0.5, 0.6) is 0 Å². The molecule has 0 radical (unpaired) electrons. The third-order valence-electron chi connectivity index (χ3n) is 2.59. The Morgan fingerprint density at radius 2 is 2.00 bits per heavy atom. The zero-order valence-corrected chi connectivity index (χ0v) is 6.68.